The Kier molecular flexibility index (Phi) is 7.48. The van der Waals surface area contributed by atoms with Crippen molar-refractivity contribution in [3.63, 3.8) is 0 Å². The van der Waals surface area contributed by atoms with E-state index >= 15 is 0 Å². The van der Waals surface area contributed by atoms with Crippen molar-refractivity contribution >= 4 is 38.9 Å². The summed E-state index contributed by atoms with van der Waals surface area (Å²) in [6.07, 6.45) is -8.85. The van der Waals surface area contributed by atoms with Gasteiger partial charge in [0.2, 0.25) is 9.84 Å². The van der Waals surface area contributed by atoms with Crippen LogP contribution in [0.5, 0.6) is 0 Å². The van der Waals surface area contributed by atoms with E-state index < -0.39 is 43.9 Å². The van der Waals surface area contributed by atoms with Gasteiger partial charge in [0.1, 0.15) is 11.1 Å². The molecular weight excluding hydrogens is 502 g/mol. The molecule has 0 fully saturated rings. The third-order valence-corrected chi connectivity index (χ3v) is 7.11. The number of hydrogen-bond donors (Lipinski definition) is 0. The largest absolute Gasteiger partial charge is 0.416 e. The molecule has 0 heterocycles. The molecule has 2 aromatic rings. The molecule has 0 unspecified atom stereocenters. The quantitative estimate of drug-likeness (QED) is 0.344. The van der Waals surface area contributed by atoms with E-state index in [2.05, 4.69) is 0 Å². The average Bonchev–Trinajstić information content (AvgIpc) is 2.69. The summed E-state index contributed by atoms with van der Waals surface area (Å²) in [6, 6.07) is 7.10. The van der Waals surface area contributed by atoms with Gasteiger partial charge in [0.15, 0.2) is 4.91 Å². The summed E-state index contributed by atoms with van der Waals surface area (Å²) in [6.45, 7) is 0. The molecule has 0 atom stereocenters. The first-order valence-corrected chi connectivity index (χ1v) is 11.4. The van der Waals surface area contributed by atoms with Crippen LogP contribution in [-0.4, -0.2) is 21.7 Å². The van der Waals surface area contributed by atoms with Crippen LogP contribution in [0.3, 0.4) is 0 Å². The maximum Gasteiger partial charge on any atom is 0.416 e. The van der Waals surface area contributed by atoms with Crippen molar-refractivity contribution < 1.29 is 34.8 Å². The zero-order valence-electron chi connectivity index (χ0n) is 16.2. The number of sulfone groups is 1. The smallest absolute Gasteiger partial charge is 0.338 e. The van der Waals surface area contributed by atoms with E-state index in [-0.39, 0.29) is 21.0 Å². The zero-order valence-corrected chi connectivity index (χ0v) is 18.6. The van der Waals surface area contributed by atoms with Gasteiger partial charge in [0, 0.05) is 17.8 Å². The first-order valence-electron chi connectivity index (χ1n) is 8.35. The van der Waals surface area contributed by atoms with Gasteiger partial charge in [0.05, 0.1) is 16.0 Å². The van der Waals surface area contributed by atoms with Crippen LogP contribution in [0.1, 0.15) is 11.1 Å². The highest BCUT2D eigenvalue weighted by Gasteiger charge is 2.38. The average molecular weight is 515 g/mol. The normalized spacial score (nSPS) is 13.4. The molecule has 0 bridgehead atoms. The summed E-state index contributed by atoms with van der Waals surface area (Å²) >= 11 is 6.40. The predicted molar refractivity (Wildman–Crippen MR) is 110 cm³/mol. The molecule has 0 spiro atoms. The van der Waals surface area contributed by atoms with Gasteiger partial charge in [0.25, 0.3) is 0 Å². The predicted octanol–water partition coefficient (Wildman–Crippen LogP) is 6.34. The van der Waals surface area contributed by atoms with Crippen LogP contribution in [0.4, 0.5) is 32.0 Å². The van der Waals surface area contributed by atoms with Gasteiger partial charge in [-0.05, 0) is 48.7 Å². The minimum absolute atomic E-state index is 0.0462. The fourth-order valence-electron chi connectivity index (χ4n) is 2.59. The van der Waals surface area contributed by atoms with E-state index in [9.17, 15) is 40.0 Å². The van der Waals surface area contributed by atoms with Crippen LogP contribution in [0.25, 0.3) is 0 Å². The van der Waals surface area contributed by atoms with E-state index in [0.717, 1.165) is 24.1 Å². The maximum absolute atomic E-state index is 13.2. The van der Waals surface area contributed by atoms with E-state index in [1.165, 1.54) is 24.5 Å². The molecular formula is C19H13ClF6N2O2S2. The number of nitrogens with zero attached hydrogens (tertiary/aromatic N) is 2. The number of alkyl halides is 6. The van der Waals surface area contributed by atoms with Crippen LogP contribution in [0.2, 0.25) is 5.02 Å². The highest BCUT2D eigenvalue weighted by molar-refractivity contribution is 8.04. The van der Waals surface area contributed by atoms with Crippen LogP contribution in [-0.2, 0) is 22.2 Å². The van der Waals surface area contributed by atoms with E-state index in [1.807, 2.05) is 0 Å². The fraction of sp³-hybridized carbons (Fsp3) is 0.211. The minimum atomic E-state index is -5.09. The maximum atomic E-state index is 13.2. The summed E-state index contributed by atoms with van der Waals surface area (Å²) in [4.78, 5) is -0.375. The molecule has 0 amide bonds. The van der Waals surface area contributed by atoms with Crippen molar-refractivity contribution in [2.75, 3.05) is 18.2 Å². The van der Waals surface area contributed by atoms with Crippen molar-refractivity contribution in [1.29, 1.82) is 5.26 Å². The molecule has 0 N–H and O–H groups in total. The molecule has 4 nitrogen and oxygen atoms in total. The summed E-state index contributed by atoms with van der Waals surface area (Å²) in [5.41, 5.74) is -3.75. The summed E-state index contributed by atoms with van der Waals surface area (Å²) in [7, 11) is -3.39. The van der Waals surface area contributed by atoms with E-state index in [4.69, 9.17) is 11.6 Å². The Morgan fingerprint density at radius 2 is 1.47 bits per heavy atom. The third kappa shape index (κ3) is 5.51. The highest BCUT2D eigenvalue weighted by atomic mass is 35.5. The molecule has 32 heavy (non-hydrogen) atoms. The molecule has 0 aliphatic heterocycles. The molecule has 0 aliphatic rings. The molecule has 2 aromatic carbocycles. The third-order valence-electron chi connectivity index (χ3n) is 4.15. The first-order chi connectivity index (χ1) is 14.6. The van der Waals surface area contributed by atoms with Gasteiger partial charge in [-0.1, -0.05) is 11.6 Å². The van der Waals surface area contributed by atoms with Crippen LogP contribution < -0.4 is 4.90 Å². The molecule has 0 saturated heterocycles. The molecule has 2 rings (SSSR count). The number of nitriles is 1. The van der Waals surface area contributed by atoms with Crippen molar-refractivity contribution in [3.05, 3.63) is 68.5 Å². The number of anilines is 1. The number of rotatable bonds is 5. The van der Waals surface area contributed by atoms with Gasteiger partial charge in [-0.2, -0.15) is 31.6 Å². The van der Waals surface area contributed by atoms with E-state index in [0.29, 0.717) is 23.9 Å². The Labute approximate surface area is 189 Å². The second-order valence-electron chi connectivity index (χ2n) is 6.23. The number of thioether (sulfide) groups is 1. The van der Waals surface area contributed by atoms with Gasteiger partial charge >= 0.3 is 12.4 Å². The first kappa shape index (κ1) is 25.9. The topological polar surface area (TPSA) is 61.2 Å². The lowest BCUT2D eigenvalue weighted by Gasteiger charge is -2.25. The Hall–Kier alpha value is -2.36. The van der Waals surface area contributed by atoms with Gasteiger partial charge in [-0.15, -0.1) is 11.8 Å². The summed E-state index contributed by atoms with van der Waals surface area (Å²) in [5, 5.41) is 9.38. The van der Waals surface area contributed by atoms with Gasteiger partial charge in [-0.3, -0.25) is 0 Å². The highest BCUT2D eigenvalue weighted by Crippen LogP contribution is 2.40. The number of allylic oxidation sites excluding steroid dienone is 1. The fourth-order valence-corrected chi connectivity index (χ4v) is 5.12. The second kappa shape index (κ2) is 9.25. The lowest BCUT2D eigenvalue weighted by molar-refractivity contribution is -0.143. The standard InChI is InChI=1S/C19H13ClF6N2O2S2/c1-28(14-8-11(18(21,22)23)7-12(9-14)19(24,25)26)17(31-2)16(10-27)32(29,30)15-5-3-13(20)4-6-15/h3-9H,1-2H3/b17-16+. The number of halogens is 7. The Balaban J connectivity index is 2.74. The minimum Gasteiger partial charge on any atom is -0.338 e. The van der Waals surface area contributed by atoms with Crippen LogP contribution in [0.15, 0.2) is 57.3 Å². The SMILES string of the molecule is CS/C(=C(\C#N)S(=O)(=O)c1ccc(Cl)cc1)N(C)c1cc(C(F)(F)F)cc(C(F)(F)F)c1. The molecule has 0 aromatic heterocycles. The monoisotopic (exact) mass is 514 g/mol. The Morgan fingerprint density at radius 3 is 1.84 bits per heavy atom. The Bertz CT molecular complexity index is 1150. The lowest BCUT2D eigenvalue weighted by Crippen LogP contribution is -2.21. The van der Waals surface area contributed by atoms with Crippen LogP contribution >= 0.6 is 23.4 Å². The molecule has 0 aliphatic carbocycles. The lowest BCUT2D eigenvalue weighted by atomic mass is 10.1. The van der Waals surface area contributed by atoms with Crippen LogP contribution in [0, 0.1) is 11.3 Å². The van der Waals surface area contributed by atoms with E-state index in [1.54, 1.807) is 0 Å². The number of benzene rings is 2. The second-order valence-corrected chi connectivity index (χ2v) is 9.35. The van der Waals surface area contributed by atoms with Crippen molar-refractivity contribution in [1.82, 2.24) is 0 Å². The summed E-state index contributed by atoms with van der Waals surface area (Å²) in [5.74, 6) is 0. The van der Waals surface area contributed by atoms with Crippen molar-refractivity contribution in [2.24, 2.45) is 0 Å². The molecule has 0 radical (unpaired) electrons. The zero-order chi connectivity index (χ0) is 24.5. The molecule has 0 saturated carbocycles. The van der Waals surface area contributed by atoms with Crippen molar-refractivity contribution in [2.45, 2.75) is 17.2 Å². The molecule has 172 valence electrons. The van der Waals surface area contributed by atoms with Gasteiger partial charge < -0.3 is 4.90 Å². The van der Waals surface area contributed by atoms with Gasteiger partial charge in [-0.25, -0.2) is 8.42 Å². The van der Waals surface area contributed by atoms with Crippen molar-refractivity contribution in [3.8, 4) is 6.07 Å². The Morgan fingerprint density at radius 1 is 1.00 bits per heavy atom. The molecule has 13 heteroatoms. The number of hydrogen-bond acceptors (Lipinski definition) is 5. The summed E-state index contributed by atoms with van der Waals surface area (Å²) < 4.78 is 105.